The van der Waals surface area contributed by atoms with E-state index >= 15 is 0 Å². The van der Waals surface area contributed by atoms with Gasteiger partial charge in [-0.2, -0.15) is 0 Å². The van der Waals surface area contributed by atoms with E-state index in [2.05, 4.69) is 5.32 Å². The molecule has 0 fully saturated rings. The first kappa shape index (κ1) is 7.16. The van der Waals surface area contributed by atoms with E-state index in [4.69, 9.17) is 5.02 Å². The van der Waals surface area contributed by atoms with Crippen LogP contribution >= 0.6 is 0 Å². The van der Waals surface area contributed by atoms with Crippen LogP contribution in [0.5, 0.6) is 0 Å². The van der Waals surface area contributed by atoms with Crippen LogP contribution in [0.4, 0.5) is 5.69 Å². The van der Waals surface area contributed by atoms with Crippen LogP contribution in [0.1, 0.15) is 0 Å². The van der Waals surface area contributed by atoms with Gasteiger partial charge in [0.25, 0.3) is 0 Å². The molecule has 0 aromatic heterocycles. The second kappa shape index (κ2) is 3.27. The minimum absolute atomic E-state index is 0.107. The molecule has 0 radical (unpaired) electrons. The Bertz CT molecular complexity index is 195. The van der Waals surface area contributed by atoms with Crippen LogP contribution in [0.25, 0.3) is 0 Å². The SMILES string of the molecule is CNc1cccc(BO)c1. The lowest BCUT2D eigenvalue weighted by atomic mass is 9.89. The predicted octanol–water partition coefficient (Wildman–Crippen LogP) is -0.303. The van der Waals surface area contributed by atoms with Crippen molar-refractivity contribution in [2.24, 2.45) is 0 Å². The molecule has 0 bridgehead atoms. The molecule has 1 aromatic carbocycles. The highest BCUT2D eigenvalue weighted by atomic mass is 16.2. The summed E-state index contributed by atoms with van der Waals surface area (Å²) in [7, 11) is 1.96. The first-order chi connectivity index (χ1) is 4.86. The maximum atomic E-state index is 8.73. The molecule has 0 amide bonds. The molecule has 2 N–H and O–H groups in total. The Hall–Kier alpha value is -0.955. The van der Waals surface area contributed by atoms with E-state index in [9.17, 15) is 0 Å². The van der Waals surface area contributed by atoms with Gasteiger partial charge in [0.1, 0.15) is 0 Å². The lowest BCUT2D eigenvalue weighted by Crippen LogP contribution is -2.12. The Kier molecular flexibility index (Phi) is 2.34. The summed E-state index contributed by atoms with van der Waals surface area (Å²) in [6, 6.07) is 7.68. The second-order valence-electron chi connectivity index (χ2n) is 2.11. The predicted molar refractivity (Wildman–Crippen MR) is 45.0 cm³/mol. The maximum absolute atomic E-state index is 8.73. The zero-order chi connectivity index (χ0) is 7.40. The summed E-state index contributed by atoms with van der Waals surface area (Å²) < 4.78 is 0. The van der Waals surface area contributed by atoms with E-state index in [0.717, 1.165) is 11.2 Å². The summed E-state index contributed by atoms with van der Waals surface area (Å²) in [5.41, 5.74) is 1.97. The molecular weight excluding hydrogens is 125 g/mol. The number of hydrogen-bond donors (Lipinski definition) is 2. The number of nitrogens with one attached hydrogen (secondary N) is 1. The van der Waals surface area contributed by atoms with E-state index < -0.39 is 0 Å². The normalized spacial score (nSPS) is 9.00. The van der Waals surface area contributed by atoms with E-state index in [-0.39, 0.29) is 7.48 Å². The van der Waals surface area contributed by atoms with Gasteiger partial charge in [-0.3, -0.25) is 0 Å². The summed E-state index contributed by atoms with van der Waals surface area (Å²) in [6.45, 7) is 0. The highest BCUT2D eigenvalue weighted by Crippen LogP contribution is 2.00. The fourth-order valence-corrected chi connectivity index (χ4v) is 0.825. The average Bonchev–Trinajstić information content (AvgIpc) is 2.05. The first-order valence-electron chi connectivity index (χ1n) is 3.24. The highest BCUT2D eigenvalue weighted by molar-refractivity contribution is 6.45. The smallest absolute Gasteiger partial charge is 0.304 e. The minimum Gasteiger partial charge on any atom is -0.449 e. The van der Waals surface area contributed by atoms with Crippen LogP contribution in [0, 0.1) is 0 Å². The van der Waals surface area contributed by atoms with Gasteiger partial charge in [0, 0.05) is 12.7 Å². The first-order valence-corrected chi connectivity index (χ1v) is 3.24. The molecular formula is C7H10BNO. The second-order valence-corrected chi connectivity index (χ2v) is 2.11. The van der Waals surface area contributed by atoms with Crippen molar-refractivity contribution in [1.29, 1.82) is 0 Å². The average molecular weight is 135 g/mol. The molecule has 1 rings (SSSR count). The molecule has 3 heteroatoms. The third-order valence-corrected chi connectivity index (χ3v) is 1.40. The summed E-state index contributed by atoms with van der Waals surface area (Å²) in [6.07, 6.45) is 0. The minimum atomic E-state index is 0.107. The van der Waals surface area contributed by atoms with E-state index in [0.29, 0.717) is 0 Å². The Morgan fingerprint density at radius 3 is 2.90 bits per heavy atom. The van der Waals surface area contributed by atoms with Crippen molar-refractivity contribution in [2.45, 2.75) is 0 Å². The third-order valence-electron chi connectivity index (χ3n) is 1.40. The third kappa shape index (κ3) is 1.51. The van der Waals surface area contributed by atoms with E-state index in [1.54, 1.807) is 0 Å². The molecule has 0 spiro atoms. The molecule has 2 nitrogen and oxygen atoms in total. The largest absolute Gasteiger partial charge is 0.449 e. The lowest BCUT2D eigenvalue weighted by molar-refractivity contribution is 0.615. The maximum Gasteiger partial charge on any atom is 0.304 e. The summed E-state index contributed by atoms with van der Waals surface area (Å²) in [5, 5.41) is 11.7. The van der Waals surface area contributed by atoms with Gasteiger partial charge in [-0.15, -0.1) is 0 Å². The molecule has 0 atom stereocenters. The van der Waals surface area contributed by atoms with Gasteiger partial charge in [-0.25, -0.2) is 0 Å². The number of hydrogen-bond acceptors (Lipinski definition) is 2. The molecule has 0 heterocycles. The Morgan fingerprint density at radius 1 is 1.50 bits per heavy atom. The molecule has 0 aliphatic rings. The van der Waals surface area contributed by atoms with Gasteiger partial charge in [-0.05, 0) is 12.1 Å². The number of anilines is 1. The van der Waals surface area contributed by atoms with Gasteiger partial charge in [0.15, 0.2) is 0 Å². The standard InChI is InChI=1S/C7H10BNO/c1-9-7-4-2-3-6(5-7)8-10/h2-5,8-10H,1H3. The van der Waals surface area contributed by atoms with Crippen LogP contribution in [0.3, 0.4) is 0 Å². The van der Waals surface area contributed by atoms with Crippen molar-refractivity contribution >= 4 is 18.6 Å². The van der Waals surface area contributed by atoms with Crippen LogP contribution in [-0.2, 0) is 0 Å². The molecule has 1 aromatic rings. The van der Waals surface area contributed by atoms with E-state index in [1.807, 2.05) is 31.3 Å². The Labute approximate surface area is 61.2 Å². The summed E-state index contributed by atoms with van der Waals surface area (Å²) in [5.74, 6) is 0. The van der Waals surface area contributed by atoms with Gasteiger partial charge < -0.3 is 10.3 Å². The molecule has 0 saturated carbocycles. The fourth-order valence-electron chi connectivity index (χ4n) is 0.825. The molecule has 0 aliphatic heterocycles. The molecule has 0 unspecified atom stereocenters. The van der Waals surface area contributed by atoms with Gasteiger partial charge in [0.05, 0.1) is 0 Å². The van der Waals surface area contributed by atoms with Crippen LogP contribution in [0.15, 0.2) is 24.3 Å². The fraction of sp³-hybridized carbons (Fsp3) is 0.143. The Balaban J connectivity index is 2.87. The van der Waals surface area contributed by atoms with Crippen molar-refractivity contribution in [3.8, 4) is 0 Å². The van der Waals surface area contributed by atoms with Crippen molar-refractivity contribution in [3.63, 3.8) is 0 Å². The lowest BCUT2D eigenvalue weighted by Gasteiger charge is -1.99. The molecule has 0 aliphatic carbocycles. The van der Waals surface area contributed by atoms with Crippen molar-refractivity contribution in [3.05, 3.63) is 24.3 Å². The van der Waals surface area contributed by atoms with Crippen LogP contribution in [-0.4, -0.2) is 19.6 Å². The monoisotopic (exact) mass is 135 g/mol. The highest BCUT2D eigenvalue weighted by Gasteiger charge is 1.91. The van der Waals surface area contributed by atoms with Gasteiger partial charge in [0.2, 0.25) is 0 Å². The van der Waals surface area contributed by atoms with Gasteiger partial charge >= 0.3 is 7.48 Å². The number of benzene rings is 1. The van der Waals surface area contributed by atoms with Gasteiger partial charge in [-0.1, -0.05) is 17.6 Å². The molecule has 52 valence electrons. The van der Waals surface area contributed by atoms with Crippen molar-refractivity contribution < 1.29 is 5.02 Å². The van der Waals surface area contributed by atoms with E-state index in [1.165, 1.54) is 0 Å². The quantitative estimate of drug-likeness (QED) is 0.545. The van der Waals surface area contributed by atoms with Crippen molar-refractivity contribution in [1.82, 2.24) is 0 Å². The van der Waals surface area contributed by atoms with Crippen molar-refractivity contribution in [2.75, 3.05) is 12.4 Å². The van der Waals surface area contributed by atoms with Crippen LogP contribution < -0.4 is 10.8 Å². The number of rotatable bonds is 2. The zero-order valence-electron chi connectivity index (χ0n) is 5.96. The Morgan fingerprint density at radius 2 is 2.30 bits per heavy atom. The summed E-state index contributed by atoms with van der Waals surface area (Å²) >= 11 is 0. The van der Waals surface area contributed by atoms with Crippen LogP contribution in [0.2, 0.25) is 0 Å². The summed E-state index contributed by atoms with van der Waals surface area (Å²) in [4.78, 5) is 0. The molecule has 0 saturated heterocycles. The zero-order valence-corrected chi connectivity index (χ0v) is 5.96. The molecule has 10 heavy (non-hydrogen) atoms. The topological polar surface area (TPSA) is 32.3 Å².